The SMILES string of the molecule is CCC(N)C1(O)CC1. The second kappa shape index (κ2) is 1.71. The summed E-state index contributed by atoms with van der Waals surface area (Å²) >= 11 is 0. The lowest BCUT2D eigenvalue weighted by atomic mass is 10.1. The molecule has 1 rings (SSSR count). The lowest BCUT2D eigenvalue weighted by Crippen LogP contribution is -2.35. The Hall–Kier alpha value is -0.0800. The molecule has 0 aromatic carbocycles. The van der Waals surface area contributed by atoms with Crippen LogP contribution in [-0.4, -0.2) is 16.7 Å². The van der Waals surface area contributed by atoms with E-state index >= 15 is 0 Å². The van der Waals surface area contributed by atoms with Crippen LogP contribution in [0.3, 0.4) is 0 Å². The molecule has 1 saturated carbocycles. The normalized spacial score (nSPS) is 27.4. The molecule has 3 N–H and O–H groups in total. The van der Waals surface area contributed by atoms with Crippen LogP contribution in [0.4, 0.5) is 0 Å². The second-order valence-corrected chi connectivity index (χ2v) is 2.62. The molecule has 0 aromatic rings. The molecule has 0 radical (unpaired) electrons. The Morgan fingerprint density at radius 3 is 2.38 bits per heavy atom. The maximum Gasteiger partial charge on any atom is 0.0800 e. The molecule has 0 heterocycles. The van der Waals surface area contributed by atoms with Crippen molar-refractivity contribution in [2.45, 2.75) is 37.8 Å². The average molecular weight is 115 g/mol. The van der Waals surface area contributed by atoms with E-state index < -0.39 is 5.60 Å². The Labute approximate surface area is 49.7 Å². The summed E-state index contributed by atoms with van der Waals surface area (Å²) < 4.78 is 0. The average Bonchev–Trinajstić information content (AvgIpc) is 2.47. The van der Waals surface area contributed by atoms with Gasteiger partial charge in [0.05, 0.1) is 5.60 Å². The van der Waals surface area contributed by atoms with Crippen molar-refractivity contribution >= 4 is 0 Å². The minimum absolute atomic E-state index is 0.0162. The van der Waals surface area contributed by atoms with E-state index in [0.29, 0.717) is 0 Å². The van der Waals surface area contributed by atoms with Crippen molar-refractivity contribution in [3.05, 3.63) is 0 Å². The monoisotopic (exact) mass is 115 g/mol. The predicted octanol–water partition coefficient (Wildman–Crippen LogP) is 0.249. The first-order valence-corrected chi connectivity index (χ1v) is 3.17. The molecular formula is C6H13NO. The molecule has 1 fully saturated rings. The van der Waals surface area contributed by atoms with Crippen LogP contribution in [0.25, 0.3) is 0 Å². The summed E-state index contributed by atoms with van der Waals surface area (Å²) in [7, 11) is 0. The third kappa shape index (κ3) is 0.858. The van der Waals surface area contributed by atoms with Crippen molar-refractivity contribution in [2.24, 2.45) is 5.73 Å². The summed E-state index contributed by atoms with van der Waals surface area (Å²) in [5.41, 5.74) is 5.10. The topological polar surface area (TPSA) is 46.2 Å². The predicted molar refractivity (Wildman–Crippen MR) is 32.5 cm³/mol. The van der Waals surface area contributed by atoms with E-state index in [1.54, 1.807) is 0 Å². The van der Waals surface area contributed by atoms with E-state index in [9.17, 15) is 5.11 Å². The molecule has 8 heavy (non-hydrogen) atoms. The molecule has 0 aromatic heterocycles. The van der Waals surface area contributed by atoms with Crippen LogP contribution in [0.15, 0.2) is 0 Å². The van der Waals surface area contributed by atoms with Gasteiger partial charge in [-0.05, 0) is 19.3 Å². The fourth-order valence-corrected chi connectivity index (χ4v) is 0.879. The van der Waals surface area contributed by atoms with E-state index in [0.717, 1.165) is 19.3 Å². The van der Waals surface area contributed by atoms with E-state index in [1.165, 1.54) is 0 Å². The molecule has 1 aliphatic rings. The summed E-state index contributed by atoms with van der Waals surface area (Å²) in [6.07, 6.45) is 2.69. The highest BCUT2D eigenvalue weighted by atomic mass is 16.3. The van der Waals surface area contributed by atoms with Gasteiger partial charge in [-0.15, -0.1) is 0 Å². The Balaban J connectivity index is 2.34. The zero-order chi connectivity index (χ0) is 6.20. The summed E-state index contributed by atoms with van der Waals surface area (Å²) in [4.78, 5) is 0. The molecule has 1 aliphatic carbocycles. The van der Waals surface area contributed by atoms with Crippen molar-refractivity contribution in [3.8, 4) is 0 Å². The van der Waals surface area contributed by atoms with Crippen LogP contribution >= 0.6 is 0 Å². The highest BCUT2D eigenvalue weighted by molar-refractivity contribution is 5.01. The summed E-state index contributed by atoms with van der Waals surface area (Å²) in [5.74, 6) is 0. The molecule has 0 bridgehead atoms. The quantitative estimate of drug-likeness (QED) is 0.542. The van der Waals surface area contributed by atoms with Gasteiger partial charge in [-0.1, -0.05) is 6.92 Å². The van der Waals surface area contributed by atoms with Crippen LogP contribution in [-0.2, 0) is 0 Å². The van der Waals surface area contributed by atoms with Crippen LogP contribution in [0, 0.1) is 0 Å². The van der Waals surface area contributed by atoms with Gasteiger partial charge in [0.1, 0.15) is 0 Å². The van der Waals surface area contributed by atoms with Crippen molar-refractivity contribution in [2.75, 3.05) is 0 Å². The van der Waals surface area contributed by atoms with Crippen molar-refractivity contribution in [1.82, 2.24) is 0 Å². The molecule has 48 valence electrons. The van der Waals surface area contributed by atoms with Crippen molar-refractivity contribution in [3.63, 3.8) is 0 Å². The van der Waals surface area contributed by atoms with Crippen LogP contribution in [0.2, 0.25) is 0 Å². The highest BCUT2D eigenvalue weighted by Gasteiger charge is 2.44. The summed E-state index contributed by atoms with van der Waals surface area (Å²) in [6, 6.07) is 0.0162. The zero-order valence-electron chi connectivity index (χ0n) is 5.22. The molecule has 0 spiro atoms. The summed E-state index contributed by atoms with van der Waals surface area (Å²) in [5, 5.41) is 9.27. The molecular weight excluding hydrogens is 102 g/mol. The van der Waals surface area contributed by atoms with Crippen LogP contribution < -0.4 is 5.73 Å². The molecule has 2 nitrogen and oxygen atoms in total. The standard InChI is InChI=1S/C6H13NO/c1-2-5(7)6(8)3-4-6/h5,8H,2-4,7H2,1H3. The number of aliphatic hydroxyl groups is 1. The minimum atomic E-state index is -0.464. The first-order valence-electron chi connectivity index (χ1n) is 3.17. The first kappa shape index (κ1) is 6.05. The van der Waals surface area contributed by atoms with Crippen LogP contribution in [0.1, 0.15) is 26.2 Å². The van der Waals surface area contributed by atoms with Crippen molar-refractivity contribution in [1.29, 1.82) is 0 Å². The third-order valence-corrected chi connectivity index (χ3v) is 1.89. The van der Waals surface area contributed by atoms with Gasteiger partial charge in [0, 0.05) is 6.04 Å². The van der Waals surface area contributed by atoms with Gasteiger partial charge in [-0.25, -0.2) is 0 Å². The third-order valence-electron chi connectivity index (χ3n) is 1.89. The molecule has 0 aliphatic heterocycles. The van der Waals surface area contributed by atoms with Gasteiger partial charge < -0.3 is 10.8 Å². The Kier molecular flexibility index (Phi) is 1.29. The fraction of sp³-hybridized carbons (Fsp3) is 1.00. The Bertz CT molecular complexity index is 88.5. The molecule has 2 heteroatoms. The lowest BCUT2D eigenvalue weighted by Gasteiger charge is -2.14. The lowest BCUT2D eigenvalue weighted by molar-refractivity contribution is 0.118. The van der Waals surface area contributed by atoms with E-state index in [-0.39, 0.29) is 6.04 Å². The fourth-order valence-electron chi connectivity index (χ4n) is 0.879. The smallest absolute Gasteiger partial charge is 0.0800 e. The van der Waals surface area contributed by atoms with Gasteiger partial charge in [0.25, 0.3) is 0 Å². The Morgan fingerprint density at radius 1 is 1.75 bits per heavy atom. The minimum Gasteiger partial charge on any atom is -0.388 e. The zero-order valence-corrected chi connectivity index (χ0v) is 5.22. The number of hydrogen-bond donors (Lipinski definition) is 2. The van der Waals surface area contributed by atoms with Gasteiger partial charge in [0.15, 0.2) is 0 Å². The van der Waals surface area contributed by atoms with Gasteiger partial charge in [-0.2, -0.15) is 0 Å². The largest absolute Gasteiger partial charge is 0.388 e. The number of rotatable bonds is 2. The maximum absolute atomic E-state index is 9.27. The van der Waals surface area contributed by atoms with Gasteiger partial charge >= 0.3 is 0 Å². The summed E-state index contributed by atoms with van der Waals surface area (Å²) in [6.45, 7) is 2.00. The van der Waals surface area contributed by atoms with E-state index in [2.05, 4.69) is 0 Å². The van der Waals surface area contributed by atoms with Gasteiger partial charge in [-0.3, -0.25) is 0 Å². The highest BCUT2D eigenvalue weighted by Crippen LogP contribution is 2.38. The number of nitrogens with two attached hydrogens (primary N) is 1. The number of hydrogen-bond acceptors (Lipinski definition) is 2. The van der Waals surface area contributed by atoms with Crippen molar-refractivity contribution < 1.29 is 5.11 Å². The van der Waals surface area contributed by atoms with E-state index in [4.69, 9.17) is 5.73 Å². The maximum atomic E-state index is 9.27. The molecule has 0 saturated heterocycles. The molecule has 0 amide bonds. The molecule has 1 atom stereocenters. The Morgan fingerprint density at radius 2 is 2.25 bits per heavy atom. The van der Waals surface area contributed by atoms with E-state index in [1.807, 2.05) is 6.92 Å². The second-order valence-electron chi connectivity index (χ2n) is 2.62. The first-order chi connectivity index (χ1) is 3.69. The van der Waals surface area contributed by atoms with Crippen LogP contribution in [0.5, 0.6) is 0 Å². The molecule has 1 unspecified atom stereocenters. The van der Waals surface area contributed by atoms with Gasteiger partial charge in [0.2, 0.25) is 0 Å².